The van der Waals surface area contributed by atoms with Crippen molar-refractivity contribution in [3.05, 3.63) is 35.2 Å². The minimum Gasteiger partial charge on any atom is -0.467 e. The quantitative estimate of drug-likeness (QED) is 0.822. The van der Waals surface area contributed by atoms with E-state index in [9.17, 15) is 4.79 Å². The molecule has 7 nitrogen and oxygen atoms in total. The van der Waals surface area contributed by atoms with Crippen molar-refractivity contribution in [3.63, 3.8) is 0 Å². The normalized spacial score (nSPS) is 19.4. The molecule has 0 N–H and O–H groups in total. The Bertz CT molecular complexity index is 689. The van der Waals surface area contributed by atoms with Crippen molar-refractivity contribution in [3.8, 4) is 0 Å². The highest BCUT2D eigenvalue weighted by molar-refractivity contribution is 7.13. The Kier molecular flexibility index (Phi) is 5.00. The van der Waals surface area contributed by atoms with Gasteiger partial charge in [-0.15, -0.1) is 11.3 Å². The molecule has 2 aliphatic heterocycles. The number of ether oxygens (including phenoxy) is 1. The maximum Gasteiger partial charge on any atom is 0.257 e. The standard InChI is InChI=1S/C17H22N4O3S/c22-16(20-2-4-21(5-3-20)17-18-1-10-25-17)14-11-15(24-13-14)12-19-6-8-23-9-7-19/h1,10-11,13H,2-9,12H2. The minimum absolute atomic E-state index is 0.0516. The van der Waals surface area contributed by atoms with Gasteiger partial charge in [0.05, 0.1) is 25.3 Å². The summed E-state index contributed by atoms with van der Waals surface area (Å²) in [7, 11) is 0. The van der Waals surface area contributed by atoms with Gasteiger partial charge in [0, 0.05) is 50.8 Å². The van der Waals surface area contributed by atoms with E-state index in [1.54, 1.807) is 17.6 Å². The predicted molar refractivity (Wildman–Crippen MR) is 95.0 cm³/mol. The molecule has 0 aliphatic carbocycles. The van der Waals surface area contributed by atoms with Crippen LogP contribution in [0.2, 0.25) is 0 Å². The Morgan fingerprint density at radius 1 is 1.16 bits per heavy atom. The van der Waals surface area contributed by atoms with Gasteiger partial charge in [-0.2, -0.15) is 0 Å². The lowest BCUT2D eigenvalue weighted by molar-refractivity contribution is 0.0313. The van der Waals surface area contributed by atoms with E-state index in [-0.39, 0.29) is 5.91 Å². The summed E-state index contributed by atoms with van der Waals surface area (Å²) >= 11 is 1.64. The molecule has 0 unspecified atom stereocenters. The molecule has 2 saturated heterocycles. The molecule has 0 radical (unpaired) electrons. The average molecular weight is 362 g/mol. The number of anilines is 1. The molecule has 8 heteroatoms. The molecule has 0 aromatic carbocycles. The fourth-order valence-corrected chi connectivity index (χ4v) is 3.91. The number of amides is 1. The molecule has 4 rings (SSSR count). The average Bonchev–Trinajstić information content (AvgIpc) is 3.34. The highest BCUT2D eigenvalue weighted by Crippen LogP contribution is 2.20. The van der Waals surface area contributed by atoms with E-state index in [4.69, 9.17) is 9.15 Å². The summed E-state index contributed by atoms with van der Waals surface area (Å²) in [5.74, 6) is 0.891. The molecule has 0 bridgehead atoms. The van der Waals surface area contributed by atoms with Gasteiger partial charge in [0.15, 0.2) is 5.13 Å². The number of hydrogen-bond acceptors (Lipinski definition) is 7. The SMILES string of the molecule is O=C(c1coc(CN2CCOCC2)c1)N1CCN(c2nccs2)CC1. The minimum atomic E-state index is 0.0516. The van der Waals surface area contributed by atoms with E-state index >= 15 is 0 Å². The summed E-state index contributed by atoms with van der Waals surface area (Å²) in [6, 6.07) is 1.88. The molecule has 2 aliphatic rings. The summed E-state index contributed by atoms with van der Waals surface area (Å²) in [5, 5.41) is 3.01. The van der Waals surface area contributed by atoms with Crippen molar-refractivity contribution in [2.75, 3.05) is 57.4 Å². The summed E-state index contributed by atoms with van der Waals surface area (Å²) < 4.78 is 11.0. The van der Waals surface area contributed by atoms with Gasteiger partial charge in [-0.1, -0.05) is 0 Å². The Balaban J connectivity index is 1.32. The number of thiazole rings is 1. The second kappa shape index (κ2) is 7.55. The highest BCUT2D eigenvalue weighted by Gasteiger charge is 2.24. The van der Waals surface area contributed by atoms with Gasteiger partial charge in [0.1, 0.15) is 12.0 Å². The van der Waals surface area contributed by atoms with E-state index in [1.807, 2.05) is 22.5 Å². The first-order valence-corrected chi connectivity index (χ1v) is 9.49. The van der Waals surface area contributed by atoms with Crippen molar-refractivity contribution in [1.29, 1.82) is 0 Å². The molecule has 2 aromatic rings. The Hall–Kier alpha value is -1.90. The summed E-state index contributed by atoms with van der Waals surface area (Å²) in [4.78, 5) is 23.4. The molecule has 1 amide bonds. The molecular formula is C17H22N4O3S. The van der Waals surface area contributed by atoms with E-state index in [0.717, 1.165) is 56.8 Å². The third-order valence-corrected chi connectivity index (χ3v) is 5.47. The van der Waals surface area contributed by atoms with Crippen molar-refractivity contribution < 1.29 is 13.9 Å². The number of nitrogens with zero attached hydrogens (tertiary/aromatic N) is 4. The van der Waals surface area contributed by atoms with Crippen LogP contribution in [0.5, 0.6) is 0 Å². The van der Waals surface area contributed by atoms with Gasteiger partial charge in [0.25, 0.3) is 5.91 Å². The van der Waals surface area contributed by atoms with Crippen LogP contribution in [0.3, 0.4) is 0 Å². The Morgan fingerprint density at radius 3 is 2.68 bits per heavy atom. The number of piperazine rings is 1. The van der Waals surface area contributed by atoms with Crippen LogP contribution in [-0.2, 0) is 11.3 Å². The zero-order valence-corrected chi connectivity index (χ0v) is 14.9. The molecular weight excluding hydrogens is 340 g/mol. The lowest BCUT2D eigenvalue weighted by Gasteiger charge is -2.34. The zero-order valence-electron chi connectivity index (χ0n) is 14.1. The third-order valence-electron chi connectivity index (χ3n) is 4.64. The molecule has 0 spiro atoms. The first-order valence-electron chi connectivity index (χ1n) is 8.61. The first kappa shape index (κ1) is 16.6. The van der Waals surface area contributed by atoms with Crippen molar-refractivity contribution in [2.45, 2.75) is 6.54 Å². The van der Waals surface area contributed by atoms with Crippen LogP contribution < -0.4 is 4.90 Å². The number of aromatic nitrogens is 1. The van der Waals surface area contributed by atoms with Gasteiger partial charge >= 0.3 is 0 Å². The molecule has 4 heterocycles. The van der Waals surface area contributed by atoms with Crippen LogP contribution in [0.4, 0.5) is 5.13 Å². The molecule has 0 saturated carbocycles. The molecule has 2 fully saturated rings. The van der Waals surface area contributed by atoms with Gasteiger partial charge in [-0.25, -0.2) is 4.98 Å². The number of rotatable bonds is 4. The number of carbonyl (C=O) groups is 1. The van der Waals surface area contributed by atoms with Crippen LogP contribution in [0.1, 0.15) is 16.1 Å². The third kappa shape index (κ3) is 3.86. The second-order valence-electron chi connectivity index (χ2n) is 6.28. The lowest BCUT2D eigenvalue weighted by atomic mass is 10.2. The van der Waals surface area contributed by atoms with Gasteiger partial charge in [0.2, 0.25) is 0 Å². The van der Waals surface area contributed by atoms with Gasteiger partial charge < -0.3 is 19.0 Å². The van der Waals surface area contributed by atoms with Crippen molar-refractivity contribution >= 4 is 22.4 Å². The fraction of sp³-hybridized carbons (Fsp3) is 0.529. The van der Waals surface area contributed by atoms with Crippen LogP contribution in [0.15, 0.2) is 28.3 Å². The van der Waals surface area contributed by atoms with Crippen molar-refractivity contribution in [1.82, 2.24) is 14.8 Å². The maximum absolute atomic E-state index is 12.7. The van der Waals surface area contributed by atoms with Gasteiger partial charge in [-0.3, -0.25) is 9.69 Å². The largest absolute Gasteiger partial charge is 0.467 e. The lowest BCUT2D eigenvalue weighted by Crippen LogP contribution is -2.48. The molecule has 134 valence electrons. The summed E-state index contributed by atoms with van der Waals surface area (Å²) in [6.45, 7) is 7.12. The summed E-state index contributed by atoms with van der Waals surface area (Å²) in [5.41, 5.74) is 0.644. The smallest absolute Gasteiger partial charge is 0.257 e. The van der Waals surface area contributed by atoms with Crippen LogP contribution >= 0.6 is 11.3 Å². The number of hydrogen-bond donors (Lipinski definition) is 0. The van der Waals surface area contributed by atoms with Crippen LogP contribution in [-0.4, -0.2) is 73.2 Å². The summed E-state index contributed by atoms with van der Waals surface area (Å²) in [6.07, 6.45) is 3.41. The predicted octanol–water partition coefficient (Wildman–Crippen LogP) is 1.53. The maximum atomic E-state index is 12.7. The Labute approximate surface area is 150 Å². The number of carbonyl (C=O) groups excluding carboxylic acids is 1. The first-order chi connectivity index (χ1) is 12.3. The zero-order chi connectivity index (χ0) is 17.1. The van der Waals surface area contributed by atoms with Gasteiger partial charge in [-0.05, 0) is 6.07 Å². The molecule has 0 atom stereocenters. The molecule has 2 aromatic heterocycles. The number of morpholine rings is 1. The van der Waals surface area contributed by atoms with E-state index < -0.39 is 0 Å². The Morgan fingerprint density at radius 2 is 1.96 bits per heavy atom. The van der Waals surface area contributed by atoms with E-state index in [0.29, 0.717) is 18.7 Å². The van der Waals surface area contributed by atoms with E-state index in [2.05, 4.69) is 14.8 Å². The van der Waals surface area contributed by atoms with Crippen LogP contribution in [0, 0.1) is 0 Å². The monoisotopic (exact) mass is 362 g/mol. The highest BCUT2D eigenvalue weighted by atomic mass is 32.1. The second-order valence-corrected chi connectivity index (χ2v) is 7.16. The topological polar surface area (TPSA) is 62.1 Å². The fourth-order valence-electron chi connectivity index (χ4n) is 3.21. The van der Waals surface area contributed by atoms with E-state index in [1.165, 1.54) is 0 Å². The van der Waals surface area contributed by atoms with Crippen LogP contribution in [0.25, 0.3) is 0 Å². The number of furan rings is 1. The van der Waals surface area contributed by atoms with Crippen molar-refractivity contribution in [2.24, 2.45) is 0 Å². The molecule has 25 heavy (non-hydrogen) atoms.